The minimum Gasteiger partial charge on any atom is -0.276 e. The van der Waals surface area contributed by atoms with E-state index < -0.39 is 0 Å². The molecular formula is C129H85N15. The van der Waals surface area contributed by atoms with Crippen molar-refractivity contribution in [1.82, 2.24) is 71.8 Å². The first-order valence-electron chi connectivity index (χ1n) is 48.2. The zero-order valence-electron chi connectivity index (χ0n) is 77.8. The average Bonchev–Trinajstić information content (AvgIpc) is 1.56. The maximum absolute atomic E-state index is 5.21. The molecule has 0 fully saturated rings. The molecule has 0 aliphatic carbocycles. The number of aromatic nitrogens is 15. The van der Waals surface area contributed by atoms with Gasteiger partial charge in [-0.25, -0.2) is 58.6 Å². The van der Waals surface area contributed by atoms with Crippen LogP contribution in [-0.4, -0.2) is 71.8 Å². The van der Waals surface area contributed by atoms with Gasteiger partial charge in [-0.2, -0.15) is 0 Å². The molecule has 0 amide bonds. The second kappa shape index (κ2) is 36.6. The molecule has 9 heterocycles. The fraction of sp³-hybridized carbons (Fsp3) is 0. The first kappa shape index (κ1) is 84.7. The zero-order valence-corrected chi connectivity index (χ0v) is 77.8. The minimum atomic E-state index is 0.570. The second-order valence-electron chi connectivity index (χ2n) is 35.7. The Morgan fingerprint density at radius 3 is 0.639 bits per heavy atom. The van der Waals surface area contributed by atoms with Crippen LogP contribution in [0.15, 0.2) is 516 Å². The van der Waals surface area contributed by atoms with Gasteiger partial charge in [0.05, 0.1) is 100 Å². The lowest BCUT2D eigenvalue weighted by Crippen LogP contribution is -2.04. The summed E-state index contributed by atoms with van der Waals surface area (Å²) in [5.41, 5.74) is 39.6. The highest BCUT2D eigenvalue weighted by Crippen LogP contribution is 2.43. The van der Waals surface area contributed by atoms with Crippen molar-refractivity contribution >= 4 is 83.5 Å². The predicted octanol–water partition coefficient (Wildman–Crippen LogP) is 31.3. The monoisotopic (exact) mass is 1840 g/mol. The van der Waals surface area contributed by atoms with Gasteiger partial charge in [-0.3, -0.25) is 13.2 Å². The van der Waals surface area contributed by atoms with Crippen LogP contribution in [0.3, 0.4) is 0 Å². The number of rotatable bonds is 16. The molecule has 0 aliphatic rings. The number of nitrogens with zero attached hydrogens (tertiary/aromatic N) is 15. The smallest absolute Gasteiger partial charge is 0.238 e. The van der Waals surface area contributed by atoms with Crippen LogP contribution in [0.2, 0.25) is 0 Å². The lowest BCUT2D eigenvalue weighted by atomic mass is 9.93. The number of benzene rings is 19. The van der Waals surface area contributed by atoms with E-state index in [9.17, 15) is 0 Å². The van der Waals surface area contributed by atoms with Crippen molar-refractivity contribution in [1.29, 1.82) is 0 Å². The van der Waals surface area contributed by atoms with E-state index in [1.807, 2.05) is 127 Å². The van der Waals surface area contributed by atoms with Gasteiger partial charge in [0, 0.05) is 33.4 Å². The molecule has 0 spiro atoms. The Kier molecular flexibility index (Phi) is 21.5. The van der Waals surface area contributed by atoms with Crippen LogP contribution >= 0.6 is 0 Å². The van der Waals surface area contributed by atoms with Crippen LogP contribution < -0.4 is 0 Å². The maximum atomic E-state index is 5.21. The number of hydrogen-bond acceptors (Lipinski definition) is 9. The minimum absolute atomic E-state index is 0.570. The van der Waals surface area contributed by atoms with Crippen LogP contribution in [-0.2, 0) is 0 Å². The molecule has 0 bridgehead atoms. The van der Waals surface area contributed by atoms with E-state index in [0.717, 1.165) is 179 Å². The highest BCUT2D eigenvalue weighted by Gasteiger charge is 2.27. The molecule has 0 aliphatic heterocycles. The molecule has 28 rings (SSSR count). The van der Waals surface area contributed by atoms with E-state index >= 15 is 0 Å². The van der Waals surface area contributed by atoms with Gasteiger partial charge >= 0.3 is 0 Å². The van der Waals surface area contributed by atoms with E-state index in [1.165, 1.54) is 50.1 Å². The van der Waals surface area contributed by atoms with Gasteiger partial charge in [0.15, 0.2) is 0 Å². The van der Waals surface area contributed by atoms with Gasteiger partial charge in [0.2, 0.25) is 35.2 Å². The molecule has 0 radical (unpaired) electrons. The third-order valence-electron chi connectivity index (χ3n) is 26.9. The SMILES string of the molecule is c1ccc(-c2cc(-c3ccccc3)cc(-c3ccc4c(c3)n3c5ccccc5nc3n4-c3nc(-c4ccccc4)cc(-c4ccccc4)n3)c2)cc1.c1ccc(-c2cc(-c3ccccc3)nc(-n3c4ccc(-c5ccccc5-c5ccccc5)cc4n4c5ccccc5nc34)n2)cc1.c1ccc(-c2cccc(-c3ccc4c(c3)n3c5ccccc5nc3n4-c3nc(-c4ccccc4)cc(-c4ccccc4)n3)c2)cc1. The Morgan fingerprint density at radius 2 is 0.326 bits per heavy atom. The summed E-state index contributed by atoms with van der Waals surface area (Å²) < 4.78 is 13.0. The number of hydrogen-bond donors (Lipinski definition) is 0. The second-order valence-corrected chi connectivity index (χ2v) is 35.7. The lowest BCUT2D eigenvalue weighted by molar-refractivity contribution is 0.971. The summed E-state index contributed by atoms with van der Waals surface area (Å²) in [4.78, 5) is 46.6. The third-order valence-corrected chi connectivity index (χ3v) is 26.9. The van der Waals surface area contributed by atoms with Gasteiger partial charge < -0.3 is 0 Å². The zero-order chi connectivity index (χ0) is 95.3. The molecule has 15 heteroatoms. The molecule has 15 nitrogen and oxygen atoms in total. The lowest BCUT2D eigenvalue weighted by Gasteiger charge is -2.12. The summed E-state index contributed by atoms with van der Waals surface area (Å²) in [7, 11) is 0. The topological polar surface area (TPSA) is 144 Å². The maximum Gasteiger partial charge on any atom is 0.238 e. The Labute approximate surface area is 828 Å². The summed E-state index contributed by atoms with van der Waals surface area (Å²) in [6.07, 6.45) is 0. The molecule has 144 heavy (non-hydrogen) atoms. The third kappa shape index (κ3) is 15.8. The first-order chi connectivity index (χ1) is 71.4. The van der Waals surface area contributed by atoms with Gasteiger partial charge in [-0.1, -0.05) is 400 Å². The summed E-state index contributed by atoms with van der Waals surface area (Å²) in [6.45, 7) is 0. The fourth-order valence-electron chi connectivity index (χ4n) is 20.0. The molecular weight excluding hydrogens is 1760 g/mol. The molecule has 0 saturated carbocycles. The Morgan fingerprint density at radius 1 is 0.118 bits per heavy atom. The van der Waals surface area contributed by atoms with Crippen molar-refractivity contribution in [3.05, 3.63) is 516 Å². The quantitative estimate of drug-likeness (QED) is 0.0923. The first-order valence-corrected chi connectivity index (χ1v) is 48.2. The predicted molar refractivity (Wildman–Crippen MR) is 586 cm³/mol. The van der Waals surface area contributed by atoms with E-state index in [2.05, 4.69) is 415 Å². The average molecular weight is 1850 g/mol. The van der Waals surface area contributed by atoms with E-state index in [1.54, 1.807) is 0 Å². The van der Waals surface area contributed by atoms with Crippen LogP contribution in [0.1, 0.15) is 0 Å². The molecule has 0 unspecified atom stereocenters. The van der Waals surface area contributed by atoms with Crippen LogP contribution in [0.5, 0.6) is 0 Å². The van der Waals surface area contributed by atoms with Crippen LogP contribution in [0.25, 0.3) is 247 Å². The van der Waals surface area contributed by atoms with E-state index in [0.29, 0.717) is 17.8 Å². The van der Waals surface area contributed by atoms with E-state index in [4.69, 9.17) is 44.9 Å². The number of imidazole rings is 6. The molecule has 9 aromatic heterocycles. The summed E-state index contributed by atoms with van der Waals surface area (Å²) in [6, 6.07) is 179. The standard InChI is InChI=1S/C47H31N5.2C41H27N5/c1-5-15-32(16-6-1)37-27-38(33-17-7-2-8-18-33)29-39(28-37)36-25-26-44-45(30-36)51-43-24-14-13-23-40(43)50-47(51)52(44)46-48-41(34-19-9-3-10-20-34)31-42(49-46)35-21-11-4-12-22-35;1-4-14-28(15-5-1)32-20-10-11-21-33(32)31-24-25-38-39(26-31)45-37-23-13-12-22-34(37)44-41(45)46(38)40-42-35(29-16-6-2-7-17-29)27-36(43-40)30-18-8-3-9-19-30;1-4-13-28(14-5-1)31-19-12-20-32(25-31)33-23-24-38-39(26-33)45-37-22-11-10-21-34(37)44-41(45)46(38)40-42-35(29-15-6-2-7-16-29)27-36(43-40)30-17-8-3-9-18-30/h1-31H;2*1-27H. The highest BCUT2D eigenvalue weighted by atomic mass is 15.3. The van der Waals surface area contributed by atoms with Crippen molar-refractivity contribution in [2.75, 3.05) is 0 Å². The molecule has 0 atom stereocenters. The van der Waals surface area contributed by atoms with Gasteiger partial charge in [-0.05, 0) is 193 Å². The van der Waals surface area contributed by atoms with Gasteiger partial charge in [0.1, 0.15) is 0 Å². The molecule has 28 aromatic rings. The summed E-state index contributed by atoms with van der Waals surface area (Å²) in [5, 5.41) is 0. The van der Waals surface area contributed by atoms with Crippen molar-refractivity contribution in [2.24, 2.45) is 0 Å². The normalized spacial score (nSPS) is 11.5. The van der Waals surface area contributed by atoms with E-state index in [-0.39, 0.29) is 0 Å². The van der Waals surface area contributed by atoms with Crippen molar-refractivity contribution in [2.45, 2.75) is 0 Å². The van der Waals surface area contributed by atoms with Gasteiger partial charge in [0.25, 0.3) is 0 Å². The van der Waals surface area contributed by atoms with Crippen LogP contribution in [0, 0.1) is 0 Å². The Balaban J connectivity index is 0.000000110. The Hall–Kier alpha value is -19.8. The largest absolute Gasteiger partial charge is 0.276 e. The molecule has 19 aromatic carbocycles. The number of para-hydroxylation sites is 6. The van der Waals surface area contributed by atoms with Crippen molar-refractivity contribution in [3.63, 3.8) is 0 Å². The summed E-state index contributed by atoms with van der Waals surface area (Å²) in [5.74, 6) is 4.04. The van der Waals surface area contributed by atoms with Gasteiger partial charge in [-0.15, -0.1) is 0 Å². The highest BCUT2D eigenvalue weighted by molar-refractivity contribution is 6.00. The molecule has 676 valence electrons. The number of fused-ring (bicyclic) bond motifs is 15. The Bertz CT molecular complexity index is 9440. The summed E-state index contributed by atoms with van der Waals surface area (Å²) >= 11 is 0. The van der Waals surface area contributed by atoms with Crippen molar-refractivity contribution < 1.29 is 0 Å². The molecule has 0 N–H and O–H groups in total. The fourth-order valence-corrected chi connectivity index (χ4v) is 20.0. The van der Waals surface area contributed by atoms with Crippen molar-refractivity contribution in [3.8, 4) is 163 Å². The molecule has 0 saturated heterocycles. The van der Waals surface area contributed by atoms with Crippen LogP contribution in [0.4, 0.5) is 0 Å².